The number of hydrogen-bond donors (Lipinski definition) is 0. The Kier molecular flexibility index (Phi) is 2.62. The van der Waals surface area contributed by atoms with E-state index in [0.29, 0.717) is 10.3 Å². The first kappa shape index (κ1) is 9.49. The molecule has 0 unspecified atom stereocenters. The fourth-order valence-corrected chi connectivity index (χ4v) is 4.01. The van der Waals surface area contributed by atoms with Gasteiger partial charge in [-0.1, -0.05) is 27.7 Å². The van der Waals surface area contributed by atoms with Gasteiger partial charge in [-0.25, -0.2) is 4.98 Å². The quantitative estimate of drug-likeness (QED) is 0.526. The van der Waals surface area contributed by atoms with Crippen LogP contribution in [0.3, 0.4) is 0 Å². The molecule has 0 spiro atoms. The third-order valence-electron chi connectivity index (χ3n) is 1.66. The smallest absolute Gasteiger partial charge is 0.138 e. The summed E-state index contributed by atoms with van der Waals surface area (Å²) in [6, 6.07) is 1.84. The first-order valence-corrected chi connectivity index (χ1v) is 8.29. The SMILES string of the molecule is C=I1=Cc2cc(Cl)nc(Cl)c2C=C1. The fraction of sp³-hybridized carbons (Fsp3) is 0. The number of rotatable bonds is 0. The molecule has 4 heteroatoms. The summed E-state index contributed by atoms with van der Waals surface area (Å²) in [4.78, 5) is 3.97. The second-order valence-corrected chi connectivity index (χ2v) is 7.14. The van der Waals surface area contributed by atoms with Gasteiger partial charge in [-0.15, -0.1) is 18.9 Å². The minimum atomic E-state index is -1.23. The topological polar surface area (TPSA) is 12.9 Å². The van der Waals surface area contributed by atoms with Crippen LogP contribution in [-0.4, -0.2) is 13.5 Å². The van der Waals surface area contributed by atoms with Crippen LogP contribution in [0.15, 0.2) is 10.1 Å². The van der Waals surface area contributed by atoms with Crippen LogP contribution in [0.2, 0.25) is 10.3 Å². The van der Waals surface area contributed by atoms with Gasteiger partial charge in [0.15, 0.2) is 0 Å². The number of hydrogen-bond acceptors (Lipinski definition) is 1. The van der Waals surface area contributed by atoms with Crippen molar-refractivity contribution in [3.05, 3.63) is 31.6 Å². The molecule has 0 radical (unpaired) electrons. The van der Waals surface area contributed by atoms with Crippen molar-refractivity contribution in [1.29, 1.82) is 0 Å². The summed E-state index contributed by atoms with van der Waals surface area (Å²) in [6.07, 6.45) is 2.00. The first-order chi connectivity index (χ1) is 6.16. The van der Waals surface area contributed by atoms with Crippen LogP contribution in [0, 0.1) is 0 Å². The van der Waals surface area contributed by atoms with Gasteiger partial charge in [0.05, 0.1) is 0 Å². The summed E-state index contributed by atoms with van der Waals surface area (Å²) in [5, 5.41) is 0.915. The highest BCUT2D eigenvalue weighted by atomic mass is 127. The number of halogens is 3. The van der Waals surface area contributed by atoms with E-state index in [4.69, 9.17) is 23.2 Å². The Bertz CT molecular complexity index is 471. The van der Waals surface area contributed by atoms with Crippen molar-refractivity contribution in [2.45, 2.75) is 0 Å². The van der Waals surface area contributed by atoms with E-state index in [1.807, 2.05) is 12.1 Å². The minimum absolute atomic E-state index is 0.444. The van der Waals surface area contributed by atoms with Crippen LogP contribution >= 0.6 is 42.1 Å². The third-order valence-corrected chi connectivity index (χ3v) is 4.90. The highest BCUT2D eigenvalue weighted by Crippen LogP contribution is 2.29. The third kappa shape index (κ3) is 1.90. The highest BCUT2D eigenvalue weighted by molar-refractivity contribution is 14.2. The van der Waals surface area contributed by atoms with Crippen LogP contribution in [0.5, 0.6) is 0 Å². The summed E-state index contributed by atoms with van der Waals surface area (Å²) in [5.41, 5.74) is 2.04. The van der Waals surface area contributed by atoms with E-state index in [9.17, 15) is 0 Å². The molecule has 0 aliphatic carbocycles. The molecule has 0 bridgehead atoms. The molecule has 68 valence electrons. The number of nitrogens with zero attached hydrogens (tertiary/aromatic N) is 1. The zero-order chi connectivity index (χ0) is 9.42. The van der Waals surface area contributed by atoms with Crippen LogP contribution in [0.4, 0.5) is 0 Å². The number of fused-ring (bicyclic) bond motifs is 1. The van der Waals surface area contributed by atoms with Crippen molar-refractivity contribution >= 4 is 56.7 Å². The largest absolute Gasteiger partial charge is 0.224 e. The molecular weight excluding hydrogens is 320 g/mol. The predicted molar refractivity (Wildman–Crippen MR) is 69.6 cm³/mol. The number of pyridine rings is 1. The van der Waals surface area contributed by atoms with Gasteiger partial charge in [0.25, 0.3) is 0 Å². The van der Waals surface area contributed by atoms with E-state index in [1.54, 1.807) is 0 Å². The van der Waals surface area contributed by atoms with Gasteiger partial charge in [0.1, 0.15) is 10.3 Å². The van der Waals surface area contributed by atoms with Crippen LogP contribution in [-0.2, 0) is 0 Å². The zero-order valence-corrected chi connectivity index (χ0v) is 10.3. The predicted octanol–water partition coefficient (Wildman–Crippen LogP) is 3.46. The number of aromatic nitrogens is 1. The van der Waals surface area contributed by atoms with Crippen LogP contribution in [0.1, 0.15) is 11.1 Å². The molecule has 13 heavy (non-hydrogen) atoms. The lowest BCUT2D eigenvalue weighted by Crippen LogP contribution is -1.92. The van der Waals surface area contributed by atoms with Crippen LogP contribution in [0.25, 0.3) is 6.08 Å². The van der Waals surface area contributed by atoms with Gasteiger partial charge in [-0.05, 0) is 25.8 Å². The van der Waals surface area contributed by atoms with Gasteiger partial charge in [0.2, 0.25) is 0 Å². The van der Waals surface area contributed by atoms with Crippen molar-refractivity contribution in [2.75, 3.05) is 0 Å². The highest BCUT2D eigenvalue weighted by Gasteiger charge is 2.07. The Morgan fingerprint density at radius 1 is 1.38 bits per heavy atom. The average Bonchev–Trinajstić information content (AvgIpc) is 2.02. The van der Waals surface area contributed by atoms with E-state index < -0.39 is 18.9 Å². The molecule has 0 N–H and O–H groups in total. The van der Waals surface area contributed by atoms with Crippen molar-refractivity contribution in [2.24, 2.45) is 0 Å². The summed E-state index contributed by atoms with van der Waals surface area (Å²) in [7, 11) is 0. The van der Waals surface area contributed by atoms with Gasteiger partial charge in [-0.3, -0.25) is 0 Å². The lowest BCUT2D eigenvalue weighted by molar-refractivity contribution is 1.31. The first-order valence-electron chi connectivity index (χ1n) is 3.52. The molecule has 0 saturated carbocycles. The van der Waals surface area contributed by atoms with Crippen molar-refractivity contribution in [3.63, 3.8) is 0 Å². The Labute approximate surface area is 92.8 Å². The molecule has 1 aromatic rings. The summed E-state index contributed by atoms with van der Waals surface area (Å²) >= 11 is 10.5. The molecule has 1 aromatic heterocycles. The lowest BCUT2D eigenvalue weighted by atomic mass is 10.2. The maximum absolute atomic E-state index is 5.93. The molecular formula is C9H6Cl2IN. The molecule has 1 nitrogen and oxygen atoms in total. The summed E-state index contributed by atoms with van der Waals surface area (Å²) < 4.78 is 8.36. The minimum Gasteiger partial charge on any atom is -0.224 e. The molecule has 1 aliphatic rings. The second-order valence-electron chi connectivity index (χ2n) is 2.58. The Morgan fingerprint density at radius 2 is 2.15 bits per heavy atom. The van der Waals surface area contributed by atoms with Gasteiger partial charge in [0, 0.05) is 5.56 Å². The van der Waals surface area contributed by atoms with Crippen molar-refractivity contribution in [1.82, 2.24) is 4.98 Å². The van der Waals surface area contributed by atoms with Crippen LogP contribution < -0.4 is 0 Å². The molecule has 1 aliphatic heterocycles. The second kappa shape index (κ2) is 3.59. The molecule has 0 fully saturated rings. The Morgan fingerprint density at radius 3 is 2.92 bits per heavy atom. The van der Waals surface area contributed by atoms with E-state index in [2.05, 4.69) is 17.6 Å². The Balaban J connectivity index is 2.76. The molecule has 0 aromatic carbocycles. The normalized spacial score (nSPS) is 15.2. The fourth-order valence-electron chi connectivity index (χ4n) is 1.10. The molecule has 0 saturated heterocycles. The molecule has 2 rings (SSSR count). The maximum atomic E-state index is 5.93. The van der Waals surface area contributed by atoms with E-state index >= 15 is 0 Å². The van der Waals surface area contributed by atoms with Crippen molar-refractivity contribution < 1.29 is 0 Å². The molecule has 0 atom stereocenters. The average molecular weight is 326 g/mol. The standard InChI is InChI=1S/C9H6Cl2IN/c1-12-3-2-7-6(5-12)4-8(10)13-9(7)11/h2-5H,1H2. The lowest BCUT2D eigenvalue weighted by Gasteiger charge is -2.07. The summed E-state index contributed by atoms with van der Waals surface area (Å²) in [6.45, 7) is 0. The molecule has 2 heterocycles. The van der Waals surface area contributed by atoms with E-state index in [-0.39, 0.29) is 0 Å². The van der Waals surface area contributed by atoms with Crippen molar-refractivity contribution in [3.8, 4) is 0 Å². The van der Waals surface area contributed by atoms with Gasteiger partial charge < -0.3 is 0 Å². The zero-order valence-electron chi connectivity index (χ0n) is 6.60. The van der Waals surface area contributed by atoms with E-state index in [0.717, 1.165) is 11.1 Å². The maximum Gasteiger partial charge on any atom is 0.138 e. The monoisotopic (exact) mass is 325 g/mol. The van der Waals surface area contributed by atoms with E-state index in [1.165, 1.54) is 0 Å². The molecule has 0 amide bonds. The van der Waals surface area contributed by atoms with Gasteiger partial charge in [-0.2, -0.15) is 0 Å². The van der Waals surface area contributed by atoms with Gasteiger partial charge >= 0.3 is 0 Å². The summed E-state index contributed by atoms with van der Waals surface area (Å²) in [5.74, 6) is 0. The Hall–Kier alpha value is -0.0600.